The summed E-state index contributed by atoms with van der Waals surface area (Å²) in [5.41, 5.74) is 14.4. The van der Waals surface area contributed by atoms with Crippen molar-refractivity contribution >= 4 is 34.1 Å². The quantitative estimate of drug-likeness (QED) is 0.653. The summed E-state index contributed by atoms with van der Waals surface area (Å²) in [4.78, 5) is 24.8. The van der Waals surface area contributed by atoms with Crippen molar-refractivity contribution < 1.29 is 9.18 Å². The first-order valence-electron chi connectivity index (χ1n) is 8.72. The number of hydrogen-bond donors (Lipinski definition) is 3. The first-order valence-corrected chi connectivity index (χ1v) is 8.72. The van der Waals surface area contributed by atoms with Crippen LogP contribution in [0.5, 0.6) is 0 Å². The lowest BCUT2D eigenvalue weighted by Gasteiger charge is -2.11. The van der Waals surface area contributed by atoms with Gasteiger partial charge in [-0.3, -0.25) is 4.79 Å². The zero-order valence-electron chi connectivity index (χ0n) is 14.7. The molecular formula is C19H19FN6O. The van der Waals surface area contributed by atoms with E-state index in [0.717, 1.165) is 22.9 Å². The lowest BCUT2D eigenvalue weighted by atomic mass is 10.0. The molecule has 3 aromatic heterocycles. The van der Waals surface area contributed by atoms with E-state index in [0.29, 0.717) is 28.5 Å². The van der Waals surface area contributed by atoms with Crippen molar-refractivity contribution in [1.29, 1.82) is 0 Å². The van der Waals surface area contributed by atoms with Gasteiger partial charge in [-0.05, 0) is 42.0 Å². The van der Waals surface area contributed by atoms with Crippen LogP contribution in [0.4, 0.5) is 21.8 Å². The number of carbonyl (C=O) groups is 1. The van der Waals surface area contributed by atoms with E-state index in [1.54, 1.807) is 18.5 Å². The number of pyridine rings is 3. The zero-order chi connectivity index (χ0) is 19.1. The third-order valence-electron chi connectivity index (χ3n) is 4.71. The number of fused-ring (bicyclic) bond motifs is 1. The van der Waals surface area contributed by atoms with Crippen LogP contribution >= 0.6 is 0 Å². The molecule has 0 aliphatic heterocycles. The minimum absolute atomic E-state index is 0.268. The smallest absolute Gasteiger partial charge is 0.231 e. The third-order valence-corrected chi connectivity index (χ3v) is 4.71. The minimum atomic E-state index is -1.05. The van der Waals surface area contributed by atoms with Crippen LogP contribution < -0.4 is 16.8 Å². The molecule has 1 aliphatic carbocycles. The Morgan fingerprint density at radius 2 is 2.04 bits per heavy atom. The SMILES string of the molecule is CCc1cc(N)ncc1-c1cc2cc(NC(=O)[C@H]3C[C@H]3F)ncc2c(N)n1. The summed E-state index contributed by atoms with van der Waals surface area (Å²) in [6.45, 7) is 2.02. The average molecular weight is 366 g/mol. The average Bonchev–Trinajstić information content (AvgIpc) is 3.38. The van der Waals surface area contributed by atoms with Crippen molar-refractivity contribution in [2.24, 2.45) is 5.92 Å². The molecule has 0 aromatic carbocycles. The van der Waals surface area contributed by atoms with Crippen LogP contribution in [-0.4, -0.2) is 27.0 Å². The molecule has 7 nitrogen and oxygen atoms in total. The van der Waals surface area contributed by atoms with Crippen molar-refractivity contribution in [3.63, 3.8) is 0 Å². The molecule has 1 fully saturated rings. The van der Waals surface area contributed by atoms with Crippen LogP contribution in [0.25, 0.3) is 22.0 Å². The fourth-order valence-electron chi connectivity index (χ4n) is 3.07. The fourth-order valence-corrected chi connectivity index (χ4v) is 3.07. The summed E-state index contributed by atoms with van der Waals surface area (Å²) in [7, 11) is 0. The summed E-state index contributed by atoms with van der Waals surface area (Å²) in [6.07, 6.45) is 3.22. The summed E-state index contributed by atoms with van der Waals surface area (Å²) in [6, 6.07) is 5.39. The second kappa shape index (κ2) is 6.46. The Labute approximate surface area is 155 Å². The number of nitrogen functional groups attached to an aromatic ring is 2. The predicted octanol–water partition coefficient (Wildman–Crippen LogP) is 2.72. The maximum absolute atomic E-state index is 13.1. The van der Waals surface area contributed by atoms with E-state index in [2.05, 4.69) is 20.3 Å². The third kappa shape index (κ3) is 3.25. The number of halogens is 1. The molecule has 3 heterocycles. The molecule has 1 saturated carbocycles. The number of carbonyl (C=O) groups excluding carboxylic acids is 1. The topological polar surface area (TPSA) is 120 Å². The van der Waals surface area contributed by atoms with Crippen molar-refractivity contribution in [3.8, 4) is 11.3 Å². The molecule has 5 N–H and O–H groups in total. The molecule has 27 heavy (non-hydrogen) atoms. The molecule has 0 spiro atoms. The number of nitrogens with zero attached hydrogens (tertiary/aromatic N) is 3. The number of hydrogen-bond acceptors (Lipinski definition) is 6. The summed E-state index contributed by atoms with van der Waals surface area (Å²) < 4.78 is 13.1. The molecule has 0 unspecified atom stereocenters. The van der Waals surface area contributed by atoms with Gasteiger partial charge in [0.2, 0.25) is 5.91 Å². The lowest BCUT2D eigenvalue weighted by Crippen LogP contribution is -2.15. The van der Waals surface area contributed by atoms with E-state index in [-0.39, 0.29) is 12.3 Å². The number of nitrogens with one attached hydrogen (secondary N) is 1. The highest BCUT2D eigenvalue weighted by Gasteiger charge is 2.43. The van der Waals surface area contributed by atoms with Crippen molar-refractivity contribution in [1.82, 2.24) is 15.0 Å². The molecule has 1 amide bonds. The zero-order valence-corrected chi connectivity index (χ0v) is 14.7. The molecule has 0 radical (unpaired) electrons. The van der Waals surface area contributed by atoms with Crippen molar-refractivity contribution in [2.75, 3.05) is 16.8 Å². The van der Waals surface area contributed by atoms with Gasteiger partial charge in [-0.1, -0.05) is 6.92 Å². The van der Waals surface area contributed by atoms with Crippen LogP contribution in [-0.2, 0) is 11.2 Å². The number of aromatic nitrogens is 3. The molecule has 138 valence electrons. The Hall–Kier alpha value is -3.29. The lowest BCUT2D eigenvalue weighted by molar-refractivity contribution is -0.117. The number of amides is 1. The highest BCUT2D eigenvalue weighted by molar-refractivity contribution is 5.98. The molecule has 0 bridgehead atoms. The highest BCUT2D eigenvalue weighted by atomic mass is 19.1. The largest absolute Gasteiger partial charge is 0.384 e. The van der Waals surface area contributed by atoms with Gasteiger partial charge in [-0.2, -0.15) is 0 Å². The van der Waals surface area contributed by atoms with Gasteiger partial charge in [0.1, 0.15) is 23.6 Å². The fraction of sp³-hybridized carbons (Fsp3) is 0.263. The van der Waals surface area contributed by atoms with Gasteiger partial charge < -0.3 is 16.8 Å². The monoisotopic (exact) mass is 366 g/mol. The Balaban J connectivity index is 1.74. The molecule has 0 saturated heterocycles. The second-order valence-electron chi connectivity index (χ2n) is 6.65. The van der Waals surface area contributed by atoms with E-state index < -0.39 is 12.1 Å². The number of anilines is 3. The van der Waals surface area contributed by atoms with E-state index in [9.17, 15) is 9.18 Å². The van der Waals surface area contributed by atoms with Crippen LogP contribution in [0.2, 0.25) is 0 Å². The van der Waals surface area contributed by atoms with Gasteiger partial charge in [0.05, 0.1) is 11.6 Å². The Kier molecular flexibility index (Phi) is 4.10. The van der Waals surface area contributed by atoms with E-state index in [4.69, 9.17) is 11.5 Å². The van der Waals surface area contributed by atoms with Gasteiger partial charge in [-0.15, -0.1) is 0 Å². The number of nitrogens with two attached hydrogens (primary N) is 2. The minimum Gasteiger partial charge on any atom is -0.384 e. The van der Waals surface area contributed by atoms with Crippen molar-refractivity contribution in [3.05, 3.63) is 36.2 Å². The van der Waals surface area contributed by atoms with Gasteiger partial charge >= 0.3 is 0 Å². The normalized spacial score (nSPS) is 18.4. The predicted molar refractivity (Wildman–Crippen MR) is 103 cm³/mol. The highest BCUT2D eigenvalue weighted by Crippen LogP contribution is 2.35. The standard InChI is InChI=1S/C19H19FN6O/c1-2-9-4-16(21)23-7-12(9)15-3-10-5-17(24-8-13(10)18(22)25-15)26-19(27)11-6-14(11)20/h3-5,7-8,11,14H,2,6H2,1H3,(H2,21,23)(H2,22,25)(H,24,26,27)/t11-,14+/m0/s1. The van der Waals surface area contributed by atoms with E-state index in [1.807, 2.05) is 19.1 Å². The van der Waals surface area contributed by atoms with E-state index >= 15 is 0 Å². The van der Waals surface area contributed by atoms with Gasteiger partial charge in [0.25, 0.3) is 0 Å². The molecule has 3 aromatic rings. The summed E-state index contributed by atoms with van der Waals surface area (Å²) in [5, 5.41) is 4.10. The van der Waals surface area contributed by atoms with Gasteiger partial charge in [0.15, 0.2) is 0 Å². The second-order valence-corrected chi connectivity index (χ2v) is 6.65. The molecular weight excluding hydrogens is 347 g/mol. The molecule has 1 aliphatic rings. The summed E-state index contributed by atoms with van der Waals surface area (Å²) >= 11 is 0. The van der Waals surface area contributed by atoms with Gasteiger partial charge in [-0.25, -0.2) is 19.3 Å². The number of alkyl halides is 1. The van der Waals surface area contributed by atoms with Gasteiger partial charge in [0, 0.05) is 23.3 Å². The van der Waals surface area contributed by atoms with Crippen molar-refractivity contribution in [2.45, 2.75) is 25.9 Å². The Morgan fingerprint density at radius 3 is 2.74 bits per heavy atom. The van der Waals surface area contributed by atoms with Crippen LogP contribution in [0.3, 0.4) is 0 Å². The molecule has 4 rings (SSSR count). The maximum atomic E-state index is 13.1. The van der Waals surface area contributed by atoms with E-state index in [1.165, 1.54) is 0 Å². The molecule has 2 atom stereocenters. The number of rotatable bonds is 4. The Bertz CT molecular complexity index is 1050. The summed E-state index contributed by atoms with van der Waals surface area (Å²) in [5.74, 6) is 0.206. The molecule has 8 heteroatoms. The maximum Gasteiger partial charge on any atom is 0.231 e. The first-order chi connectivity index (χ1) is 13.0. The van der Waals surface area contributed by atoms with Crippen LogP contribution in [0.1, 0.15) is 18.9 Å². The van der Waals surface area contributed by atoms with Crippen LogP contribution in [0, 0.1) is 5.92 Å². The number of aryl methyl sites for hydroxylation is 1. The van der Waals surface area contributed by atoms with Crippen LogP contribution in [0.15, 0.2) is 30.6 Å². The Morgan fingerprint density at radius 1 is 1.26 bits per heavy atom. The first kappa shape index (κ1) is 17.1.